The van der Waals surface area contributed by atoms with Crippen molar-refractivity contribution < 1.29 is 23.8 Å². The number of carbonyl (C=O) groups is 2. The first kappa shape index (κ1) is 21.5. The second-order valence-electron chi connectivity index (χ2n) is 7.94. The maximum Gasteiger partial charge on any atom is 0.410 e. The molecular weight excluding hydrogens is 350 g/mol. The van der Waals surface area contributed by atoms with E-state index in [0.29, 0.717) is 19.6 Å². The molecule has 0 aromatic carbocycles. The smallest absolute Gasteiger partial charge is 0.410 e. The first-order chi connectivity index (χ1) is 12.8. The van der Waals surface area contributed by atoms with Crippen LogP contribution in [0.3, 0.4) is 0 Å². The molecule has 2 fully saturated rings. The minimum Gasteiger partial charge on any atom is -0.444 e. The van der Waals surface area contributed by atoms with Gasteiger partial charge in [-0.1, -0.05) is 0 Å². The fourth-order valence-corrected chi connectivity index (χ4v) is 3.15. The Labute approximate surface area is 161 Å². The van der Waals surface area contributed by atoms with Crippen molar-refractivity contribution >= 4 is 12.0 Å². The van der Waals surface area contributed by atoms with Crippen LogP contribution in [0.1, 0.15) is 52.9 Å². The number of likely N-dealkylation sites (tertiary alicyclic amines) is 1. The lowest BCUT2D eigenvalue weighted by Crippen LogP contribution is -2.47. The van der Waals surface area contributed by atoms with Crippen molar-refractivity contribution in [3.63, 3.8) is 0 Å². The van der Waals surface area contributed by atoms with E-state index < -0.39 is 17.7 Å². The number of hydrogen-bond acceptors (Lipinski definition) is 6. The SMILES string of the molecule is CC(C)(C)OC(=O)N(CCOC1CCCCO1)CC(=O)N1CCCC1C#N. The number of rotatable bonds is 6. The minimum absolute atomic E-state index is 0.123. The van der Waals surface area contributed by atoms with Crippen molar-refractivity contribution in [2.75, 3.05) is 32.8 Å². The predicted octanol–water partition coefficient (Wildman–Crippen LogP) is 2.28. The topological polar surface area (TPSA) is 92.1 Å². The van der Waals surface area contributed by atoms with Crippen LogP contribution in [0.4, 0.5) is 4.79 Å². The molecule has 2 atom stereocenters. The number of ether oxygens (including phenoxy) is 3. The van der Waals surface area contributed by atoms with E-state index in [1.54, 1.807) is 25.7 Å². The molecule has 0 bridgehead atoms. The first-order valence-electron chi connectivity index (χ1n) is 9.70. The molecule has 27 heavy (non-hydrogen) atoms. The summed E-state index contributed by atoms with van der Waals surface area (Å²) in [6.45, 7) is 6.94. The monoisotopic (exact) mass is 381 g/mol. The third-order valence-electron chi connectivity index (χ3n) is 4.50. The molecule has 0 aliphatic carbocycles. The maximum absolute atomic E-state index is 12.6. The molecule has 152 valence electrons. The number of nitriles is 1. The lowest BCUT2D eigenvalue weighted by molar-refractivity contribution is -0.164. The predicted molar refractivity (Wildman–Crippen MR) is 97.7 cm³/mol. The Hall–Kier alpha value is -1.85. The van der Waals surface area contributed by atoms with Gasteiger partial charge in [0, 0.05) is 19.7 Å². The Morgan fingerprint density at radius 2 is 2.04 bits per heavy atom. The zero-order chi connectivity index (χ0) is 19.9. The van der Waals surface area contributed by atoms with Crippen molar-refractivity contribution in [3.05, 3.63) is 0 Å². The summed E-state index contributed by atoms with van der Waals surface area (Å²) in [7, 11) is 0. The zero-order valence-electron chi connectivity index (χ0n) is 16.6. The third-order valence-corrected chi connectivity index (χ3v) is 4.50. The van der Waals surface area contributed by atoms with Crippen LogP contribution < -0.4 is 0 Å². The molecule has 2 rings (SSSR count). The quantitative estimate of drug-likeness (QED) is 0.701. The van der Waals surface area contributed by atoms with Crippen LogP contribution in [0.25, 0.3) is 0 Å². The molecule has 2 aliphatic rings. The van der Waals surface area contributed by atoms with E-state index in [-0.39, 0.29) is 31.9 Å². The molecule has 8 heteroatoms. The molecule has 0 aromatic heterocycles. The van der Waals surface area contributed by atoms with Gasteiger partial charge >= 0.3 is 6.09 Å². The fraction of sp³-hybridized carbons (Fsp3) is 0.842. The van der Waals surface area contributed by atoms with Crippen molar-refractivity contribution in [1.82, 2.24) is 9.80 Å². The summed E-state index contributed by atoms with van der Waals surface area (Å²) in [5.41, 5.74) is -0.658. The maximum atomic E-state index is 12.6. The molecule has 0 aromatic rings. The zero-order valence-corrected chi connectivity index (χ0v) is 16.6. The number of nitrogens with zero attached hydrogens (tertiary/aromatic N) is 3. The largest absolute Gasteiger partial charge is 0.444 e. The van der Waals surface area contributed by atoms with Crippen LogP contribution in [-0.4, -0.2) is 72.6 Å². The van der Waals surface area contributed by atoms with Gasteiger partial charge in [0.1, 0.15) is 18.2 Å². The van der Waals surface area contributed by atoms with E-state index in [9.17, 15) is 14.9 Å². The average Bonchev–Trinajstić information content (AvgIpc) is 3.09. The minimum atomic E-state index is -0.658. The highest BCUT2D eigenvalue weighted by atomic mass is 16.7. The molecule has 8 nitrogen and oxygen atoms in total. The van der Waals surface area contributed by atoms with Gasteiger partial charge in [0.15, 0.2) is 6.29 Å². The summed E-state index contributed by atoms with van der Waals surface area (Å²) in [6, 6.07) is 1.74. The van der Waals surface area contributed by atoms with Gasteiger partial charge in [-0.05, 0) is 52.9 Å². The highest BCUT2D eigenvalue weighted by Crippen LogP contribution is 2.18. The lowest BCUT2D eigenvalue weighted by atomic mass is 10.2. The highest BCUT2D eigenvalue weighted by Gasteiger charge is 2.31. The van der Waals surface area contributed by atoms with Gasteiger partial charge in [-0.2, -0.15) is 5.26 Å². The van der Waals surface area contributed by atoms with Crippen molar-refractivity contribution in [3.8, 4) is 6.07 Å². The highest BCUT2D eigenvalue weighted by molar-refractivity contribution is 5.83. The molecular formula is C19H31N3O5. The van der Waals surface area contributed by atoms with Gasteiger partial charge < -0.3 is 19.1 Å². The van der Waals surface area contributed by atoms with Crippen molar-refractivity contribution in [2.24, 2.45) is 0 Å². The standard InChI is InChI=1S/C19H31N3O5/c1-19(2,3)27-18(24)21(10-12-26-17-8-4-5-11-25-17)14-16(23)22-9-6-7-15(22)13-20/h15,17H,4-12,14H2,1-3H3. The van der Waals surface area contributed by atoms with Crippen LogP contribution >= 0.6 is 0 Å². The normalized spacial score (nSPS) is 23.0. The van der Waals surface area contributed by atoms with E-state index in [2.05, 4.69) is 6.07 Å². The van der Waals surface area contributed by atoms with Crippen LogP contribution in [-0.2, 0) is 19.0 Å². The molecule has 0 saturated carbocycles. The molecule has 0 spiro atoms. The first-order valence-corrected chi connectivity index (χ1v) is 9.70. The second kappa shape index (κ2) is 9.90. The van der Waals surface area contributed by atoms with E-state index in [0.717, 1.165) is 25.7 Å². The van der Waals surface area contributed by atoms with Crippen LogP contribution in [0, 0.1) is 11.3 Å². The summed E-state index contributed by atoms with van der Waals surface area (Å²) in [5.74, 6) is -0.237. The fourth-order valence-electron chi connectivity index (χ4n) is 3.15. The number of carbonyl (C=O) groups excluding carboxylic acids is 2. The summed E-state index contributed by atoms with van der Waals surface area (Å²) in [6.07, 6.45) is 3.60. The summed E-state index contributed by atoms with van der Waals surface area (Å²) < 4.78 is 16.6. The second-order valence-corrected chi connectivity index (χ2v) is 7.94. The number of hydrogen-bond donors (Lipinski definition) is 0. The molecule has 2 saturated heterocycles. The van der Waals surface area contributed by atoms with Crippen molar-refractivity contribution in [1.29, 1.82) is 5.26 Å². The van der Waals surface area contributed by atoms with E-state index in [4.69, 9.17) is 14.2 Å². The van der Waals surface area contributed by atoms with Gasteiger partial charge in [0.05, 0.1) is 12.7 Å². The Bertz CT molecular complexity index is 549. The van der Waals surface area contributed by atoms with Crippen LogP contribution in [0.5, 0.6) is 0 Å². The van der Waals surface area contributed by atoms with Gasteiger partial charge in [-0.25, -0.2) is 4.79 Å². The van der Waals surface area contributed by atoms with E-state index in [1.807, 2.05) is 0 Å². The molecule has 2 aliphatic heterocycles. The van der Waals surface area contributed by atoms with Crippen LogP contribution in [0.2, 0.25) is 0 Å². The lowest BCUT2D eigenvalue weighted by Gasteiger charge is -2.30. The van der Waals surface area contributed by atoms with Gasteiger partial charge in [0.25, 0.3) is 0 Å². The summed E-state index contributed by atoms with van der Waals surface area (Å²) >= 11 is 0. The average molecular weight is 381 g/mol. The molecule has 0 N–H and O–H groups in total. The molecule has 2 amide bonds. The molecule has 2 unspecified atom stereocenters. The Kier molecular flexibility index (Phi) is 7.87. The summed E-state index contributed by atoms with van der Waals surface area (Å²) in [4.78, 5) is 28.0. The number of amides is 2. The van der Waals surface area contributed by atoms with Gasteiger partial charge in [0.2, 0.25) is 5.91 Å². The molecule has 0 radical (unpaired) electrons. The van der Waals surface area contributed by atoms with Crippen LogP contribution in [0.15, 0.2) is 0 Å². The third kappa shape index (κ3) is 7.00. The summed E-state index contributed by atoms with van der Waals surface area (Å²) in [5, 5.41) is 9.18. The Morgan fingerprint density at radius 3 is 2.67 bits per heavy atom. The van der Waals surface area contributed by atoms with E-state index in [1.165, 1.54) is 4.90 Å². The molecule has 2 heterocycles. The van der Waals surface area contributed by atoms with E-state index >= 15 is 0 Å². The van der Waals surface area contributed by atoms with Crippen molar-refractivity contribution in [2.45, 2.75) is 70.8 Å². The Balaban J connectivity index is 1.92. The van der Waals surface area contributed by atoms with Gasteiger partial charge in [-0.15, -0.1) is 0 Å². The van der Waals surface area contributed by atoms with Gasteiger partial charge in [-0.3, -0.25) is 9.69 Å². The Morgan fingerprint density at radius 1 is 1.26 bits per heavy atom.